The van der Waals surface area contributed by atoms with Crippen molar-refractivity contribution < 1.29 is 14.8 Å². The molecule has 2 rings (SSSR count). The van der Waals surface area contributed by atoms with Crippen LogP contribution in [0.2, 0.25) is 0 Å². The molecule has 0 radical (unpaired) electrons. The Morgan fingerprint density at radius 2 is 1.88 bits per heavy atom. The van der Waals surface area contributed by atoms with E-state index in [9.17, 15) is 20.0 Å². The number of aliphatic hydroxyl groups excluding tert-OH is 1. The summed E-state index contributed by atoms with van der Waals surface area (Å²) < 4.78 is 0. The Morgan fingerprint density at radius 1 is 1.21 bits per heavy atom. The van der Waals surface area contributed by atoms with Gasteiger partial charge in [-0.2, -0.15) is 0 Å². The third kappa shape index (κ3) is 3.88. The van der Waals surface area contributed by atoms with Gasteiger partial charge in [-0.1, -0.05) is 24.3 Å². The van der Waals surface area contributed by atoms with Gasteiger partial charge in [0.25, 0.3) is 11.6 Å². The highest BCUT2D eigenvalue weighted by Gasteiger charge is 2.18. The number of non-ortho nitro benzene ring substituents is 1. The van der Waals surface area contributed by atoms with E-state index in [1.165, 1.54) is 12.1 Å². The number of anilines is 1. The SMILES string of the molecule is CN(C)c1ccc([N+](=O)[O-])cc1C(=O)NCc1ccccc1CO. The minimum absolute atomic E-state index is 0.119. The first-order valence-corrected chi connectivity index (χ1v) is 7.35. The lowest BCUT2D eigenvalue weighted by Crippen LogP contribution is -2.26. The molecule has 0 aliphatic rings. The fourth-order valence-electron chi connectivity index (χ4n) is 2.36. The largest absolute Gasteiger partial charge is 0.392 e. The molecule has 0 atom stereocenters. The summed E-state index contributed by atoms with van der Waals surface area (Å²) in [4.78, 5) is 24.6. The lowest BCUT2D eigenvalue weighted by Gasteiger charge is -2.17. The van der Waals surface area contributed by atoms with Crippen LogP contribution in [0.15, 0.2) is 42.5 Å². The lowest BCUT2D eigenvalue weighted by molar-refractivity contribution is -0.384. The minimum atomic E-state index is -0.530. The van der Waals surface area contributed by atoms with Crippen LogP contribution < -0.4 is 10.2 Å². The van der Waals surface area contributed by atoms with Crippen molar-refractivity contribution in [1.29, 1.82) is 0 Å². The monoisotopic (exact) mass is 329 g/mol. The van der Waals surface area contributed by atoms with Crippen molar-refractivity contribution in [2.75, 3.05) is 19.0 Å². The quantitative estimate of drug-likeness (QED) is 0.625. The molecule has 2 aromatic carbocycles. The van der Waals surface area contributed by atoms with Crippen molar-refractivity contribution in [1.82, 2.24) is 5.32 Å². The predicted octanol–water partition coefficient (Wildman–Crippen LogP) is 2.08. The van der Waals surface area contributed by atoms with E-state index in [4.69, 9.17) is 0 Å². The Kier molecular flexibility index (Phi) is 5.49. The zero-order valence-electron chi connectivity index (χ0n) is 13.5. The molecule has 0 saturated heterocycles. The van der Waals surface area contributed by atoms with E-state index in [1.54, 1.807) is 31.1 Å². The van der Waals surface area contributed by atoms with Crippen LogP contribution in [0.3, 0.4) is 0 Å². The number of carbonyl (C=O) groups is 1. The topological polar surface area (TPSA) is 95.7 Å². The molecule has 0 aromatic heterocycles. The molecule has 0 aliphatic carbocycles. The van der Waals surface area contributed by atoms with Crippen molar-refractivity contribution in [3.63, 3.8) is 0 Å². The molecule has 7 heteroatoms. The van der Waals surface area contributed by atoms with Crippen LogP contribution in [-0.2, 0) is 13.2 Å². The first kappa shape index (κ1) is 17.4. The van der Waals surface area contributed by atoms with Gasteiger partial charge in [0.15, 0.2) is 0 Å². The second-order valence-electron chi connectivity index (χ2n) is 5.46. The zero-order valence-corrected chi connectivity index (χ0v) is 13.5. The molecular weight excluding hydrogens is 310 g/mol. The average molecular weight is 329 g/mol. The number of hydrogen-bond donors (Lipinski definition) is 2. The summed E-state index contributed by atoms with van der Waals surface area (Å²) in [6, 6.07) is 11.4. The van der Waals surface area contributed by atoms with Crippen LogP contribution in [0.25, 0.3) is 0 Å². The molecule has 0 fully saturated rings. The highest BCUT2D eigenvalue weighted by atomic mass is 16.6. The summed E-state index contributed by atoms with van der Waals surface area (Å²) in [7, 11) is 3.53. The maximum Gasteiger partial charge on any atom is 0.270 e. The van der Waals surface area contributed by atoms with E-state index in [-0.39, 0.29) is 24.4 Å². The molecule has 0 heterocycles. The summed E-state index contributed by atoms with van der Waals surface area (Å²) in [6.45, 7) is 0.108. The molecule has 126 valence electrons. The third-order valence-corrected chi connectivity index (χ3v) is 3.65. The number of amides is 1. The molecule has 0 aliphatic heterocycles. The highest BCUT2D eigenvalue weighted by Crippen LogP contribution is 2.24. The lowest BCUT2D eigenvalue weighted by atomic mass is 10.1. The molecular formula is C17H19N3O4. The number of carbonyl (C=O) groups excluding carboxylic acids is 1. The Morgan fingerprint density at radius 3 is 2.46 bits per heavy atom. The number of nitrogens with zero attached hydrogens (tertiary/aromatic N) is 2. The predicted molar refractivity (Wildman–Crippen MR) is 91.0 cm³/mol. The standard InChI is InChI=1S/C17H19N3O4/c1-19(2)16-8-7-14(20(23)24)9-15(16)17(22)18-10-12-5-3-4-6-13(12)11-21/h3-9,21H,10-11H2,1-2H3,(H,18,22). The van der Waals surface area contributed by atoms with E-state index in [0.717, 1.165) is 11.1 Å². The summed E-state index contributed by atoms with van der Waals surface area (Å²) in [5.41, 5.74) is 2.21. The van der Waals surface area contributed by atoms with Crippen LogP contribution in [0, 0.1) is 10.1 Å². The Bertz CT molecular complexity index is 759. The number of benzene rings is 2. The smallest absolute Gasteiger partial charge is 0.270 e. The normalized spacial score (nSPS) is 10.3. The molecule has 2 aromatic rings. The Hall–Kier alpha value is -2.93. The molecule has 0 bridgehead atoms. The van der Waals surface area contributed by atoms with Crippen molar-refractivity contribution in [3.05, 3.63) is 69.3 Å². The third-order valence-electron chi connectivity index (χ3n) is 3.65. The van der Waals surface area contributed by atoms with E-state index in [0.29, 0.717) is 5.69 Å². The van der Waals surface area contributed by atoms with Crippen molar-refractivity contribution >= 4 is 17.3 Å². The zero-order chi connectivity index (χ0) is 17.7. The van der Waals surface area contributed by atoms with E-state index < -0.39 is 10.8 Å². The maximum atomic E-state index is 12.5. The molecule has 1 amide bonds. The number of rotatable bonds is 6. The van der Waals surface area contributed by atoms with Gasteiger partial charge in [-0.15, -0.1) is 0 Å². The second-order valence-corrected chi connectivity index (χ2v) is 5.46. The molecule has 0 unspecified atom stereocenters. The number of nitro benzene ring substituents is 1. The summed E-state index contributed by atoms with van der Waals surface area (Å²) in [5.74, 6) is -0.407. The average Bonchev–Trinajstić information content (AvgIpc) is 2.59. The van der Waals surface area contributed by atoms with Crippen LogP contribution in [-0.4, -0.2) is 30.0 Å². The summed E-state index contributed by atoms with van der Waals surface area (Å²) >= 11 is 0. The number of nitrogens with one attached hydrogen (secondary N) is 1. The van der Waals surface area contributed by atoms with Gasteiger partial charge in [-0.25, -0.2) is 0 Å². The summed E-state index contributed by atoms with van der Waals surface area (Å²) in [5, 5.41) is 23.0. The van der Waals surface area contributed by atoms with Crippen molar-refractivity contribution in [2.45, 2.75) is 13.2 Å². The van der Waals surface area contributed by atoms with Gasteiger partial charge in [0.1, 0.15) is 0 Å². The molecule has 7 nitrogen and oxygen atoms in total. The first-order chi connectivity index (χ1) is 11.4. The Balaban J connectivity index is 2.25. The van der Waals surface area contributed by atoms with E-state index >= 15 is 0 Å². The fraction of sp³-hybridized carbons (Fsp3) is 0.235. The fourth-order valence-corrected chi connectivity index (χ4v) is 2.36. The van der Waals surface area contributed by atoms with Gasteiger partial charge in [-0.05, 0) is 17.2 Å². The maximum absolute atomic E-state index is 12.5. The van der Waals surface area contributed by atoms with Crippen LogP contribution in [0.5, 0.6) is 0 Å². The molecule has 0 saturated carbocycles. The van der Waals surface area contributed by atoms with Gasteiger partial charge < -0.3 is 15.3 Å². The molecule has 2 N–H and O–H groups in total. The number of nitro groups is 1. The van der Waals surface area contributed by atoms with Crippen LogP contribution >= 0.6 is 0 Å². The molecule has 0 spiro atoms. The van der Waals surface area contributed by atoms with Gasteiger partial charge in [0.05, 0.1) is 17.1 Å². The van der Waals surface area contributed by atoms with Crippen molar-refractivity contribution in [2.24, 2.45) is 0 Å². The van der Waals surface area contributed by atoms with Gasteiger partial charge >= 0.3 is 0 Å². The molecule has 24 heavy (non-hydrogen) atoms. The van der Waals surface area contributed by atoms with Crippen LogP contribution in [0.4, 0.5) is 11.4 Å². The second kappa shape index (κ2) is 7.56. The van der Waals surface area contributed by atoms with Gasteiger partial charge in [0.2, 0.25) is 0 Å². The number of hydrogen-bond acceptors (Lipinski definition) is 5. The van der Waals surface area contributed by atoms with E-state index in [1.807, 2.05) is 18.2 Å². The van der Waals surface area contributed by atoms with Crippen molar-refractivity contribution in [3.8, 4) is 0 Å². The van der Waals surface area contributed by atoms with Gasteiger partial charge in [0, 0.05) is 38.5 Å². The van der Waals surface area contributed by atoms with E-state index in [2.05, 4.69) is 5.32 Å². The number of aliphatic hydroxyl groups is 1. The van der Waals surface area contributed by atoms with Crippen LogP contribution in [0.1, 0.15) is 21.5 Å². The first-order valence-electron chi connectivity index (χ1n) is 7.35. The summed E-state index contributed by atoms with van der Waals surface area (Å²) in [6.07, 6.45) is 0. The minimum Gasteiger partial charge on any atom is -0.392 e. The highest BCUT2D eigenvalue weighted by molar-refractivity contribution is 6.00. The van der Waals surface area contributed by atoms with Gasteiger partial charge in [-0.3, -0.25) is 14.9 Å². The Labute approximate surface area is 139 Å².